The van der Waals surface area contributed by atoms with Crippen LogP contribution in [-0.2, 0) is 11.3 Å². The van der Waals surface area contributed by atoms with Crippen molar-refractivity contribution in [1.29, 1.82) is 0 Å². The summed E-state index contributed by atoms with van der Waals surface area (Å²) >= 11 is 0. The molecule has 3 N–H and O–H groups in total. The van der Waals surface area contributed by atoms with E-state index < -0.39 is 12.1 Å². The molecular weight excluding hydrogens is 234 g/mol. The molecule has 0 spiro atoms. The molecule has 0 saturated heterocycles. The molecule has 1 heterocycles. The maximum atomic E-state index is 11.5. The molecule has 1 aromatic carbocycles. The number of hydrogen-bond donors (Lipinski definition) is 2. The number of hydrogen-bond acceptors (Lipinski definition) is 3. The highest BCUT2D eigenvalue weighted by atomic mass is 16.5. The Kier molecular flexibility index (Phi) is 3.10. The molecule has 1 aliphatic heterocycles. The van der Waals surface area contributed by atoms with E-state index in [9.17, 15) is 9.59 Å². The minimum Gasteiger partial charge on any atom is -0.479 e. The lowest BCUT2D eigenvalue weighted by molar-refractivity contribution is -0.122. The quantitative estimate of drug-likeness (QED) is 0.817. The van der Waals surface area contributed by atoms with E-state index >= 15 is 0 Å². The van der Waals surface area contributed by atoms with E-state index in [2.05, 4.69) is 5.32 Å². The predicted molar refractivity (Wildman–Crippen MR) is 66.2 cm³/mol. The number of nitrogens with zero attached hydrogens (tertiary/aromatic N) is 1. The fourth-order valence-electron chi connectivity index (χ4n) is 1.71. The largest absolute Gasteiger partial charge is 0.479 e. The average Bonchev–Trinajstić information content (AvgIpc) is 2.31. The van der Waals surface area contributed by atoms with Gasteiger partial charge >= 0.3 is 6.03 Å². The van der Waals surface area contributed by atoms with Crippen LogP contribution in [0.3, 0.4) is 0 Å². The zero-order valence-corrected chi connectivity index (χ0v) is 10.3. The van der Waals surface area contributed by atoms with Gasteiger partial charge in [-0.25, -0.2) is 4.79 Å². The second-order valence-corrected chi connectivity index (χ2v) is 4.27. The van der Waals surface area contributed by atoms with Crippen molar-refractivity contribution < 1.29 is 14.3 Å². The number of anilines is 1. The van der Waals surface area contributed by atoms with E-state index in [1.54, 1.807) is 26.1 Å². The van der Waals surface area contributed by atoms with Crippen LogP contribution < -0.4 is 15.8 Å². The Morgan fingerprint density at radius 3 is 2.94 bits per heavy atom. The highest BCUT2D eigenvalue weighted by Gasteiger charge is 2.23. The van der Waals surface area contributed by atoms with Crippen molar-refractivity contribution in [2.45, 2.75) is 19.6 Å². The van der Waals surface area contributed by atoms with E-state index in [0.29, 0.717) is 18.0 Å². The maximum Gasteiger partial charge on any atom is 0.314 e. The summed E-state index contributed by atoms with van der Waals surface area (Å²) in [6.07, 6.45) is -0.489. The van der Waals surface area contributed by atoms with Crippen molar-refractivity contribution in [3.8, 4) is 5.75 Å². The van der Waals surface area contributed by atoms with Gasteiger partial charge in [-0.3, -0.25) is 4.79 Å². The third kappa shape index (κ3) is 2.37. The van der Waals surface area contributed by atoms with Crippen molar-refractivity contribution in [3.05, 3.63) is 23.8 Å². The number of carbonyl (C=O) groups is 2. The molecule has 6 heteroatoms. The topological polar surface area (TPSA) is 84.7 Å². The summed E-state index contributed by atoms with van der Waals surface area (Å²) in [6, 6.07) is 4.89. The van der Waals surface area contributed by atoms with Crippen molar-refractivity contribution >= 4 is 17.6 Å². The van der Waals surface area contributed by atoms with Crippen LogP contribution in [0.25, 0.3) is 0 Å². The smallest absolute Gasteiger partial charge is 0.314 e. The Hall–Kier alpha value is -2.24. The van der Waals surface area contributed by atoms with Crippen molar-refractivity contribution in [2.75, 3.05) is 12.4 Å². The summed E-state index contributed by atoms with van der Waals surface area (Å²) in [5, 5.41) is 2.75. The predicted octanol–water partition coefficient (Wildman–Crippen LogP) is 0.917. The van der Waals surface area contributed by atoms with E-state index in [-0.39, 0.29) is 5.91 Å². The Bertz CT molecular complexity index is 501. The summed E-state index contributed by atoms with van der Waals surface area (Å²) in [5.41, 5.74) is 6.64. The number of nitrogens with two attached hydrogens (primary N) is 1. The molecule has 0 saturated carbocycles. The number of primary amides is 1. The molecule has 1 atom stereocenters. The molecule has 0 bridgehead atoms. The Morgan fingerprint density at radius 1 is 1.56 bits per heavy atom. The molecule has 0 fully saturated rings. The summed E-state index contributed by atoms with van der Waals surface area (Å²) in [6.45, 7) is 2.07. The Morgan fingerprint density at radius 2 is 2.28 bits per heavy atom. The molecule has 96 valence electrons. The average molecular weight is 249 g/mol. The van der Waals surface area contributed by atoms with Crippen LogP contribution in [0.2, 0.25) is 0 Å². The lowest BCUT2D eigenvalue weighted by Crippen LogP contribution is -2.34. The first-order chi connectivity index (χ1) is 8.47. The molecule has 6 nitrogen and oxygen atoms in total. The molecule has 18 heavy (non-hydrogen) atoms. The molecule has 0 aromatic heterocycles. The Labute approximate surface area is 105 Å². The molecule has 0 radical (unpaired) electrons. The van der Waals surface area contributed by atoms with Crippen LogP contribution in [0.5, 0.6) is 5.75 Å². The standard InChI is InChI=1S/C12H15N3O3/c1-7-11(16)14-9-5-8(3-4-10(9)18-7)6-15(2)12(13)17/h3-5,7H,6H2,1-2H3,(H2,13,17)(H,14,16). The first kappa shape index (κ1) is 12.2. The zero-order valence-electron chi connectivity index (χ0n) is 10.3. The number of amides is 3. The monoisotopic (exact) mass is 249 g/mol. The zero-order chi connectivity index (χ0) is 13.3. The first-order valence-corrected chi connectivity index (χ1v) is 5.58. The van der Waals surface area contributed by atoms with Gasteiger partial charge < -0.3 is 20.7 Å². The lowest BCUT2D eigenvalue weighted by atomic mass is 10.1. The van der Waals surface area contributed by atoms with Gasteiger partial charge in [0.25, 0.3) is 5.91 Å². The van der Waals surface area contributed by atoms with Crippen LogP contribution >= 0.6 is 0 Å². The van der Waals surface area contributed by atoms with Crippen LogP contribution in [0, 0.1) is 0 Å². The normalized spacial score (nSPS) is 17.4. The van der Waals surface area contributed by atoms with Crippen molar-refractivity contribution in [2.24, 2.45) is 5.73 Å². The van der Waals surface area contributed by atoms with Gasteiger partial charge in [0.15, 0.2) is 6.10 Å². The minimum atomic E-state index is -0.498. The fraction of sp³-hybridized carbons (Fsp3) is 0.333. The van der Waals surface area contributed by atoms with Gasteiger partial charge in [-0.05, 0) is 24.6 Å². The van der Waals surface area contributed by atoms with Crippen LogP contribution in [0.4, 0.5) is 10.5 Å². The maximum absolute atomic E-state index is 11.5. The number of fused-ring (bicyclic) bond motifs is 1. The van der Waals surface area contributed by atoms with Gasteiger partial charge in [-0.2, -0.15) is 0 Å². The summed E-state index contributed by atoms with van der Waals surface area (Å²) in [7, 11) is 1.61. The molecule has 2 rings (SSSR count). The second-order valence-electron chi connectivity index (χ2n) is 4.27. The highest BCUT2D eigenvalue weighted by Crippen LogP contribution is 2.30. The van der Waals surface area contributed by atoms with Gasteiger partial charge in [0.1, 0.15) is 5.75 Å². The van der Waals surface area contributed by atoms with Gasteiger partial charge in [0.05, 0.1) is 5.69 Å². The molecular formula is C12H15N3O3. The number of nitrogens with one attached hydrogen (secondary N) is 1. The highest BCUT2D eigenvalue weighted by molar-refractivity contribution is 5.97. The molecule has 3 amide bonds. The van der Waals surface area contributed by atoms with Gasteiger partial charge in [0.2, 0.25) is 0 Å². The first-order valence-electron chi connectivity index (χ1n) is 5.58. The summed E-state index contributed by atoms with van der Waals surface area (Å²) in [5.74, 6) is 0.454. The number of ether oxygens (including phenoxy) is 1. The molecule has 1 aliphatic rings. The number of rotatable bonds is 2. The summed E-state index contributed by atoms with van der Waals surface area (Å²) < 4.78 is 5.43. The van der Waals surface area contributed by atoms with Crippen LogP contribution in [0.1, 0.15) is 12.5 Å². The van der Waals surface area contributed by atoms with E-state index in [0.717, 1.165) is 5.56 Å². The SMILES string of the molecule is CC1Oc2ccc(CN(C)C(N)=O)cc2NC1=O. The number of urea groups is 1. The molecule has 0 aliphatic carbocycles. The molecule has 1 unspecified atom stereocenters. The van der Waals surface area contributed by atoms with E-state index in [4.69, 9.17) is 10.5 Å². The van der Waals surface area contributed by atoms with E-state index in [1.165, 1.54) is 4.90 Å². The number of carbonyl (C=O) groups excluding carboxylic acids is 2. The van der Waals surface area contributed by atoms with Gasteiger partial charge in [-0.1, -0.05) is 6.07 Å². The third-order valence-electron chi connectivity index (χ3n) is 2.77. The summed E-state index contributed by atoms with van der Waals surface area (Å²) in [4.78, 5) is 23.8. The lowest BCUT2D eigenvalue weighted by Gasteiger charge is -2.24. The van der Waals surface area contributed by atoms with Gasteiger partial charge in [-0.15, -0.1) is 0 Å². The van der Waals surface area contributed by atoms with Crippen LogP contribution in [-0.4, -0.2) is 30.0 Å². The fourth-order valence-corrected chi connectivity index (χ4v) is 1.71. The van der Waals surface area contributed by atoms with Crippen molar-refractivity contribution in [1.82, 2.24) is 4.90 Å². The molecule has 1 aromatic rings. The Balaban J connectivity index is 2.20. The van der Waals surface area contributed by atoms with E-state index in [1.807, 2.05) is 6.07 Å². The second kappa shape index (κ2) is 4.56. The van der Waals surface area contributed by atoms with Crippen LogP contribution in [0.15, 0.2) is 18.2 Å². The number of benzene rings is 1. The minimum absolute atomic E-state index is 0.178. The van der Waals surface area contributed by atoms with Crippen molar-refractivity contribution in [3.63, 3.8) is 0 Å². The third-order valence-corrected chi connectivity index (χ3v) is 2.77. The van der Waals surface area contributed by atoms with Gasteiger partial charge in [0, 0.05) is 13.6 Å².